The fourth-order valence-electron chi connectivity index (χ4n) is 2.73. The molecule has 2 heterocycles. The minimum atomic E-state index is -0.361. The molecule has 4 heteroatoms. The Morgan fingerprint density at radius 1 is 0.950 bits per heavy atom. The molecule has 0 spiro atoms. The number of aryl methyl sites for hydroxylation is 4. The number of rotatable bonds is 1. The van der Waals surface area contributed by atoms with Crippen LogP contribution in [0.4, 0.5) is 0 Å². The number of nitrogens with two attached hydrogens (primary N) is 1. The zero-order valence-electron chi connectivity index (χ0n) is 12.1. The molecule has 0 aliphatic carbocycles. The first-order valence-electron chi connectivity index (χ1n) is 6.61. The van der Waals surface area contributed by atoms with Crippen LogP contribution in [0.25, 0.3) is 21.9 Å². The molecule has 1 aromatic carbocycles. The van der Waals surface area contributed by atoms with E-state index in [2.05, 4.69) is 0 Å². The van der Waals surface area contributed by atoms with Gasteiger partial charge in [0.1, 0.15) is 16.9 Å². The summed E-state index contributed by atoms with van der Waals surface area (Å²) in [5, 5.41) is 1.99. The van der Waals surface area contributed by atoms with Gasteiger partial charge in [0.15, 0.2) is 0 Å². The van der Waals surface area contributed by atoms with Crippen LogP contribution in [0.1, 0.15) is 28.0 Å². The van der Waals surface area contributed by atoms with E-state index in [1.54, 1.807) is 0 Å². The van der Waals surface area contributed by atoms with Crippen LogP contribution in [0.5, 0.6) is 0 Å². The van der Waals surface area contributed by atoms with E-state index in [-0.39, 0.29) is 12.2 Å². The molecule has 2 aromatic heterocycles. The molecule has 0 aliphatic heterocycles. The summed E-state index contributed by atoms with van der Waals surface area (Å²) in [5.74, 6) is 0.887. The summed E-state index contributed by atoms with van der Waals surface area (Å²) in [6, 6.07) is 2.03. The maximum absolute atomic E-state index is 12.0. The zero-order chi connectivity index (χ0) is 14.6. The third kappa shape index (κ3) is 1.55. The monoisotopic (exact) mass is 271 g/mol. The van der Waals surface area contributed by atoms with Crippen molar-refractivity contribution in [2.45, 2.75) is 34.2 Å². The van der Waals surface area contributed by atoms with Gasteiger partial charge in [-0.15, -0.1) is 0 Å². The van der Waals surface area contributed by atoms with Gasteiger partial charge in [0.25, 0.3) is 0 Å². The lowest BCUT2D eigenvalue weighted by atomic mass is 10.00. The highest BCUT2D eigenvalue weighted by atomic mass is 16.4. The fraction of sp³-hybridized carbons (Fsp3) is 0.312. The molecule has 104 valence electrons. The van der Waals surface area contributed by atoms with Crippen LogP contribution < -0.4 is 11.4 Å². The van der Waals surface area contributed by atoms with Crippen molar-refractivity contribution in [2.75, 3.05) is 0 Å². The van der Waals surface area contributed by atoms with E-state index in [9.17, 15) is 4.79 Å². The Morgan fingerprint density at radius 2 is 1.55 bits per heavy atom. The molecule has 2 N–H and O–H groups in total. The Balaban J connectivity index is 2.60. The highest BCUT2D eigenvalue weighted by molar-refractivity contribution is 6.00. The predicted molar refractivity (Wildman–Crippen MR) is 79.1 cm³/mol. The molecule has 0 saturated carbocycles. The largest absolute Gasteiger partial charge is 0.461 e. The fourth-order valence-corrected chi connectivity index (χ4v) is 2.73. The van der Waals surface area contributed by atoms with Gasteiger partial charge in [-0.1, -0.05) is 0 Å². The van der Waals surface area contributed by atoms with Crippen molar-refractivity contribution in [1.29, 1.82) is 0 Å². The number of fused-ring (bicyclic) bond motifs is 2. The van der Waals surface area contributed by atoms with Crippen molar-refractivity contribution in [1.82, 2.24) is 0 Å². The van der Waals surface area contributed by atoms with Crippen LogP contribution in [0, 0.1) is 27.7 Å². The maximum Gasteiger partial charge on any atom is 0.341 e. The van der Waals surface area contributed by atoms with Crippen LogP contribution in [-0.2, 0) is 6.54 Å². The van der Waals surface area contributed by atoms with E-state index < -0.39 is 0 Å². The van der Waals surface area contributed by atoms with Crippen LogP contribution in [0.3, 0.4) is 0 Å². The number of hydrogen-bond acceptors (Lipinski definition) is 4. The molecule has 0 radical (unpaired) electrons. The van der Waals surface area contributed by atoms with Gasteiger partial charge < -0.3 is 14.6 Å². The lowest BCUT2D eigenvalue weighted by molar-refractivity contribution is 0.542. The first-order chi connectivity index (χ1) is 9.45. The maximum atomic E-state index is 12.0. The second-order valence-electron chi connectivity index (χ2n) is 5.24. The summed E-state index contributed by atoms with van der Waals surface area (Å²) < 4.78 is 11.2. The Hall–Kier alpha value is -2.07. The van der Waals surface area contributed by atoms with Crippen LogP contribution >= 0.6 is 0 Å². The van der Waals surface area contributed by atoms with Gasteiger partial charge in [-0.2, -0.15) is 0 Å². The van der Waals surface area contributed by atoms with Gasteiger partial charge in [0.05, 0.1) is 5.56 Å². The third-order valence-electron chi connectivity index (χ3n) is 4.15. The topological polar surface area (TPSA) is 69.4 Å². The van der Waals surface area contributed by atoms with E-state index >= 15 is 0 Å². The van der Waals surface area contributed by atoms with Gasteiger partial charge in [0.2, 0.25) is 0 Å². The molecule has 0 unspecified atom stereocenters. The first kappa shape index (κ1) is 12.9. The second-order valence-corrected chi connectivity index (χ2v) is 5.24. The quantitative estimate of drug-likeness (QED) is 0.690. The molecule has 4 nitrogen and oxygen atoms in total. The molecule has 0 bridgehead atoms. The summed E-state index contributed by atoms with van der Waals surface area (Å²) >= 11 is 0. The van der Waals surface area contributed by atoms with Crippen molar-refractivity contribution in [3.63, 3.8) is 0 Å². The van der Waals surface area contributed by atoms with E-state index in [4.69, 9.17) is 14.6 Å². The Kier molecular flexibility index (Phi) is 2.73. The van der Waals surface area contributed by atoms with E-state index in [1.807, 2.05) is 33.8 Å². The Labute approximate surface area is 116 Å². The molecule has 3 aromatic rings. The van der Waals surface area contributed by atoms with Crippen molar-refractivity contribution in [2.24, 2.45) is 5.73 Å². The molecule has 0 amide bonds. The summed E-state index contributed by atoms with van der Waals surface area (Å²) in [6.45, 7) is 7.98. The average Bonchev–Trinajstić information content (AvgIpc) is 2.69. The number of benzene rings is 1. The molecule has 0 saturated heterocycles. The third-order valence-corrected chi connectivity index (χ3v) is 4.15. The highest BCUT2D eigenvalue weighted by Gasteiger charge is 2.17. The normalized spacial score (nSPS) is 11.7. The second kappa shape index (κ2) is 4.21. The van der Waals surface area contributed by atoms with Crippen molar-refractivity contribution in [3.8, 4) is 0 Å². The number of furan rings is 1. The average molecular weight is 271 g/mol. The molecule has 0 fully saturated rings. The molecule has 3 rings (SSSR count). The van der Waals surface area contributed by atoms with Crippen LogP contribution in [-0.4, -0.2) is 0 Å². The van der Waals surface area contributed by atoms with E-state index in [0.29, 0.717) is 11.1 Å². The van der Waals surface area contributed by atoms with Crippen LogP contribution in [0.15, 0.2) is 19.7 Å². The summed E-state index contributed by atoms with van der Waals surface area (Å²) in [5.41, 5.74) is 10.1. The van der Waals surface area contributed by atoms with Gasteiger partial charge in [-0.05, 0) is 44.9 Å². The smallest absolute Gasteiger partial charge is 0.341 e. The standard InChI is InChI=1S/C16H17NO3/c1-7-10(4)19-14-9(3)15-12(5-11(7)14)8(2)13(6-17)16(18)20-15/h5H,6,17H2,1-4H3. The number of hydrogen-bond donors (Lipinski definition) is 1. The van der Waals surface area contributed by atoms with Crippen LogP contribution in [0.2, 0.25) is 0 Å². The lowest BCUT2D eigenvalue weighted by Crippen LogP contribution is -2.14. The molecule has 0 atom stereocenters. The first-order valence-corrected chi connectivity index (χ1v) is 6.61. The minimum absolute atomic E-state index is 0.185. The predicted octanol–water partition coefficient (Wildman–Crippen LogP) is 3.23. The molecular weight excluding hydrogens is 254 g/mol. The summed E-state index contributed by atoms with van der Waals surface area (Å²) in [7, 11) is 0. The Morgan fingerprint density at radius 3 is 2.20 bits per heavy atom. The van der Waals surface area contributed by atoms with E-state index in [1.165, 1.54) is 0 Å². The van der Waals surface area contributed by atoms with Crippen molar-refractivity contribution >= 4 is 21.9 Å². The SMILES string of the molecule is Cc1oc2c(C)c3oc(=O)c(CN)c(C)c3cc2c1C. The van der Waals surface area contributed by atoms with Gasteiger partial charge in [0, 0.05) is 22.9 Å². The molecule has 20 heavy (non-hydrogen) atoms. The Bertz CT molecular complexity index is 900. The minimum Gasteiger partial charge on any atom is -0.461 e. The zero-order valence-corrected chi connectivity index (χ0v) is 12.1. The van der Waals surface area contributed by atoms with Gasteiger partial charge in [-0.3, -0.25) is 0 Å². The van der Waals surface area contributed by atoms with Gasteiger partial charge in [-0.25, -0.2) is 4.79 Å². The summed E-state index contributed by atoms with van der Waals surface area (Å²) in [6.07, 6.45) is 0. The van der Waals surface area contributed by atoms with Gasteiger partial charge >= 0.3 is 5.63 Å². The molecule has 0 aliphatic rings. The molecular formula is C16H17NO3. The van der Waals surface area contributed by atoms with Crippen molar-refractivity contribution in [3.05, 3.63) is 44.5 Å². The van der Waals surface area contributed by atoms with Crippen molar-refractivity contribution < 1.29 is 8.83 Å². The van der Waals surface area contributed by atoms with E-state index in [0.717, 1.165) is 38.8 Å². The lowest BCUT2D eigenvalue weighted by Gasteiger charge is -2.08. The highest BCUT2D eigenvalue weighted by Crippen LogP contribution is 2.34. The summed E-state index contributed by atoms with van der Waals surface area (Å²) in [4.78, 5) is 12.0.